The van der Waals surface area contributed by atoms with Crippen LogP contribution >= 0.6 is 0 Å². The number of hydrogen-bond donors (Lipinski definition) is 1. The highest BCUT2D eigenvalue weighted by atomic mass is 16.6. The predicted molar refractivity (Wildman–Crippen MR) is 71.6 cm³/mol. The van der Waals surface area contributed by atoms with Gasteiger partial charge in [-0.1, -0.05) is 30.3 Å². The highest BCUT2D eigenvalue weighted by Crippen LogP contribution is 2.13. The van der Waals surface area contributed by atoms with E-state index >= 15 is 0 Å². The van der Waals surface area contributed by atoms with Crippen LogP contribution in [-0.2, 0) is 16.1 Å². The molecule has 5 nitrogen and oxygen atoms in total. The summed E-state index contributed by atoms with van der Waals surface area (Å²) >= 11 is 0. The summed E-state index contributed by atoms with van der Waals surface area (Å²) in [5.74, 6) is 0. The summed E-state index contributed by atoms with van der Waals surface area (Å²) in [7, 11) is 1.61. The molecule has 1 aromatic carbocycles. The van der Waals surface area contributed by atoms with E-state index in [1.165, 1.54) is 0 Å². The Bertz CT molecular complexity index is 410. The molecule has 1 aromatic rings. The van der Waals surface area contributed by atoms with Crippen LogP contribution in [0.2, 0.25) is 0 Å². The molecule has 1 heterocycles. The minimum atomic E-state index is -0.308. The smallest absolute Gasteiger partial charge is 0.410 e. The van der Waals surface area contributed by atoms with Crippen LogP contribution in [-0.4, -0.2) is 43.3 Å². The molecule has 1 amide bonds. The number of nitrogens with two attached hydrogens (primary N) is 1. The second-order valence-corrected chi connectivity index (χ2v) is 4.71. The van der Waals surface area contributed by atoms with E-state index in [2.05, 4.69) is 0 Å². The number of piperidine rings is 1. The molecular weight excluding hydrogens is 244 g/mol. The quantitative estimate of drug-likeness (QED) is 0.895. The number of carbonyl (C=O) groups is 1. The van der Waals surface area contributed by atoms with Gasteiger partial charge >= 0.3 is 6.09 Å². The van der Waals surface area contributed by atoms with Crippen molar-refractivity contribution in [1.29, 1.82) is 0 Å². The Morgan fingerprint density at radius 1 is 1.42 bits per heavy atom. The molecule has 0 radical (unpaired) electrons. The van der Waals surface area contributed by atoms with E-state index in [4.69, 9.17) is 15.2 Å². The number of nitrogens with zero attached hydrogens (tertiary/aromatic N) is 1. The monoisotopic (exact) mass is 264 g/mol. The third-order valence-corrected chi connectivity index (χ3v) is 3.38. The average Bonchev–Trinajstić information content (AvgIpc) is 2.46. The normalized spacial score (nSPS) is 23.2. The number of amides is 1. The zero-order valence-corrected chi connectivity index (χ0v) is 11.1. The molecule has 0 aromatic heterocycles. The minimum absolute atomic E-state index is 0.0110. The number of carbonyl (C=O) groups excluding carboxylic acids is 1. The fourth-order valence-corrected chi connectivity index (χ4v) is 2.16. The molecule has 1 aliphatic heterocycles. The molecule has 1 fully saturated rings. The van der Waals surface area contributed by atoms with E-state index in [9.17, 15) is 4.79 Å². The average molecular weight is 264 g/mol. The molecule has 1 aliphatic rings. The van der Waals surface area contributed by atoms with Crippen LogP contribution in [0.25, 0.3) is 0 Å². The molecule has 2 N–H and O–H groups in total. The lowest BCUT2D eigenvalue weighted by Crippen LogP contribution is -2.53. The van der Waals surface area contributed by atoms with Crippen molar-refractivity contribution in [3.8, 4) is 0 Å². The lowest BCUT2D eigenvalue weighted by atomic mass is 10.0. The molecule has 0 spiro atoms. The standard InChI is InChI=1S/C14H20N2O3/c1-18-13-9-16(8-7-12(13)15)14(17)19-10-11-5-3-2-4-6-11/h2-6,12-13H,7-10,15H2,1H3/t12-,13-/m0/s1. The van der Waals surface area contributed by atoms with Gasteiger partial charge in [0.2, 0.25) is 0 Å². The van der Waals surface area contributed by atoms with Crippen LogP contribution in [0.15, 0.2) is 30.3 Å². The predicted octanol–water partition coefficient (Wildman–Crippen LogP) is 1.37. The molecule has 0 unspecified atom stereocenters. The van der Waals surface area contributed by atoms with Gasteiger partial charge in [0.15, 0.2) is 0 Å². The highest BCUT2D eigenvalue weighted by Gasteiger charge is 2.29. The topological polar surface area (TPSA) is 64.8 Å². The van der Waals surface area contributed by atoms with E-state index in [1.54, 1.807) is 12.0 Å². The van der Waals surface area contributed by atoms with Crippen molar-refractivity contribution in [3.05, 3.63) is 35.9 Å². The molecule has 0 saturated carbocycles. The Kier molecular flexibility index (Phi) is 4.76. The van der Waals surface area contributed by atoms with Crippen LogP contribution in [0.5, 0.6) is 0 Å². The molecule has 19 heavy (non-hydrogen) atoms. The number of methoxy groups -OCH3 is 1. The molecule has 0 bridgehead atoms. The number of hydrogen-bond acceptors (Lipinski definition) is 4. The third-order valence-electron chi connectivity index (χ3n) is 3.38. The minimum Gasteiger partial charge on any atom is -0.445 e. The first-order valence-electron chi connectivity index (χ1n) is 6.44. The fraction of sp³-hybridized carbons (Fsp3) is 0.500. The molecular formula is C14H20N2O3. The second kappa shape index (κ2) is 6.54. The van der Waals surface area contributed by atoms with Crippen molar-refractivity contribution in [2.24, 2.45) is 5.73 Å². The van der Waals surface area contributed by atoms with Gasteiger partial charge < -0.3 is 20.1 Å². The third kappa shape index (κ3) is 3.68. The van der Waals surface area contributed by atoms with Gasteiger partial charge in [-0.15, -0.1) is 0 Å². The van der Waals surface area contributed by atoms with Crippen LogP contribution in [0.3, 0.4) is 0 Å². The largest absolute Gasteiger partial charge is 0.445 e. The number of rotatable bonds is 3. The van der Waals surface area contributed by atoms with Gasteiger partial charge in [-0.2, -0.15) is 0 Å². The van der Waals surface area contributed by atoms with E-state index in [1.807, 2.05) is 30.3 Å². The van der Waals surface area contributed by atoms with Crippen molar-refractivity contribution in [2.45, 2.75) is 25.2 Å². The molecule has 1 saturated heterocycles. The Hall–Kier alpha value is -1.59. The maximum absolute atomic E-state index is 11.9. The summed E-state index contributed by atoms with van der Waals surface area (Å²) in [6.45, 7) is 1.40. The molecule has 2 rings (SSSR count). The summed E-state index contributed by atoms with van der Waals surface area (Å²) < 4.78 is 10.6. The van der Waals surface area contributed by atoms with E-state index in [0.29, 0.717) is 19.7 Å². The maximum Gasteiger partial charge on any atom is 0.410 e. The van der Waals surface area contributed by atoms with Gasteiger partial charge in [0.05, 0.1) is 12.6 Å². The zero-order chi connectivity index (χ0) is 13.7. The van der Waals surface area contributed by atoms with Gasteiger partial charge in [0.1, 0.15) is 6.61 Å². The Morgan fingerprint density at radius 3 is 2.84 bits per heavy atom. The van der Waals surface area contributed by atoms with Gasteiger partial charge in [-0.05, 0) is 12.0 Å². The number of likely N-dealkylation sites (tertiary alicyclic amines) is 1. The molecule has 104 valence electrons. The Morgan fingerprint density at radius 2 is 2.16 bits per heavy atom. The van der Waals surface area contributed by atoms with Gasteiger partial charge in [0.25, 0.3) is 0 Å². The Balaban J connectivity index is 1.83. The summed E-state index contributed by atoms with van der Waals surface area (Å²) in [5.41, 5.74) is 6.89. The number of benzene rings is 1. The lowest BCUT2D eigenvalue weighted by molar-refractivity contribution is 0.0107. The van der Waals surface area contributed by atoms with Crippen molar-refractivity contribution >= 4 is 6.09 Å². The summed E-state index contributed by atoms with van der Waals surface area (Å²) in [6.07, 6.45) is 0.315. The van der Waals surface area contributed by atoms with Crippen LogP contribution in [0.1, 0.15) is 12.0 Å². The van der Waals surface area contributed by atoms with Crippen molar-refractivity contribution < 1.29 is 14.3 Å². The van der Waals surface area contributed by atoms with Crippen LogP contribution in [0.4, 0.5) is 4.79 Å². The van der Waals surface area contributed by atoms with E-state index < -0.39 is 0 Å². The van der Waals surface area contributed by atoms with Gasteiger partial charge in [-0.25, -0.2) is 4.79 Å². The summed E-state index contributed by atoms with van der Waals surface area (Å²) in [5, 5.41) is 0. The first-order valence-corrected chi connectivity index (χ1v) is 6.44. The lowest BCUT2D eigenvalue weighted by Gasteiger charge is -2.35. The van der Waals surface area contributed by atoms with Crippen LogP contribution < -0.4 is 5.73 Å². The van der Waals surface area contributed by atoms with Gasteiger partial charge in [-0.3, -0.25) is 0 Å². The van der Waals surface area contributed by atoms with Crippen molar-refractivity contribution in [3.63, 3.8) is 0 Å². The first-order chi connectivity index (χ1) is 9.20. The zero-order valence-electron chi connectivity index (χ0n) is 11.1. The Labute approximate surface area is 113 Å². The SMILES string of the molecule is CO[C@H]1CN(C(=O)OCc2ccccc2)CC[C@@H]1N. The van der Waals surface area contributed by atoms with E-state index in [-0.39, 0.29) is 18.2 Å². The molecule has 5 heteroatoms. The van der Waals surface area contributed by atoms with E-state index in [0.717, 1.165) is 12.0 Å². The highest BCUT2D eigenvalue weighted by molar-refractivity contribution is 5.67. The fourth-order valence-electron chi connectivity index (χ4n) is 2.16. The summed E-state index contributed by atoms with van der Waals surface area (Å²) in [4.78, 5) is 13.6. The van der Waals surface area contributed by atoms with Gasteiger partial charge in [0, 0.05) is 19.7 Å². The maximum atomic E-state index is 11.9. The summed E-state index contributed by atoms with van der Waals surface area (Å²) in [6, 6.07) is 9.62. The van der Waals surface area contributed by atoms with Crippen molar-refractivity contribution in [2.75, 3.05) is 20.2 Å². The van der Waals surface area contributed by atoms with Crippen LogP contribution in [0, 0.1) is 0 Å². The molecule has 0 aliphatic carbocycles. The first kappa shape index (κ1) is 13.8. The second-order valence-electron chi connectivity index (χ2n) is 4.71. The number of ether oxygens (including phenoxy) is 2. The molecule has 2 atom stereocenters. The van der Waals surface area contributed by atoms with Crippen molar-refractivity contribution in [1.82, 2.24) is 4.90 Å².